The fraction of sp³-hybridized carbons (Fsp3) is 0.286. The first-order valence-corrected chi connectivity index (χ1v) is 2.57. The van der Waals surface area contributed by atoms with Gasteiger partial charge in [-0.2, -0.15) is 5.26 Å². The number of hydrogen-bond donors (Lipinski definition) is 0. The highest BCUT2D eigenvalue weighted by atomic mass is 16.5. The zero-order chi connectivity index (χ0) is 7.11. The van der Waals surface area contributed by atoms with Gasteiger partial charge < -0.3 is 4.74 Å². The fourth-order valence-electron chi connectivity index (χ4n) is 0.299. The van der Waals surface area contributed by atoms with Gasteiger partial charge in [-0.05, 0) is 19.1 Å². The van der Waals surface area contributed by atoms with Crippen molar-refractivity contribution in [2.24, 2.45) is 0 Å². The summed E-state index contributed by atoms with van der Waals surface area (Å²) < 4.78 is 4.60. The van der Waals surface area contributed by atoms with Crippen molar-refractivity contribution in [2.75, 3.05) is 7.11 Å². The van der Waals surface area contributed by atoms with E-state index in [1.165, 1.54) is 6.26 Å². The summed E-state index contributed by atoms with van der Waals surface area (Å²) in [6.45, 7) is 1.74. The van der Waals surface area contributed by atoms with Gasteiger partial charge in [0.2, 0.25) is 0 Å². The largest absolute Gasteiger partial charge is 0.504 e. The molecule has 0 aromatic carbocycles. The van der Waals surface area contributed by atoms with E-state index in [0.717, 1.165) is 0 Å². The van der Waals surface area contributed by atoms with Crippen LogP contribution in [0.1, 0.15) is 6.92 Å². The minimum absolute atomic E-state index is 0.670. The molecule has 0 rings (SSSR count). The van der Waals surface area contributed by atoms with Crippen molar-refractivity contribution in [1.82, 2.24) is 0 Å². The lowest BCUT2D eigenvalue weighted by Gasteiger charge is -1.81. The highest BCUT2D eigenvalue weighted by molar-refractivity contribution is 5.22. The lowest BCUT2D eigenvalue weighted by molar-refractivity contribution is 0.338. The van der Waals surface area contributed by atoms with Crippen LogP contribution in [0.25, 0.3) is 0 Å². The Morgan fingerprint density at radius 3 is 2.78 bits per heavy atom. The third-order valence-corrected chi connectivity index (χ3v) is 0.737. The van der Waals surface area contributed by atoms with E-state index in [1.54, 1.807) is 26.2 Å². The maximum absolute atomic E-state index is 8.24. The molecule has 2 nitrogen and oxygen atoms in total. The van der Waals surface area contributed by atoms with Crippen LogP contribution < -0.4 is 0 Å². The molecule has 0 saturated heterocycles. The summed E-state index contributed by atoms with van der Waals surface area (Å²) in [5.41, 5.74) is 0.670. The van der Waals surface area contributed by atoms with Gasteiger partial charge in [0.25, 0.3) is 0 Å². The van der Waals surface area contributed by atoms with Crippen molar-refractivity contribution < 1.29 is 4.74 Å². The summed E-state index contributed by atoms with van der Waals surface area (Å²) in [5, 5.41) is 8.24. The van der Waals surface area contributed by atoms with E-state index < -0.39 is 0 Å². The van der Waals surface area contributed by atoms with E-state index >= 15 is 0 Å². The number of allylic oxidation sites excluding steroid dienone is 3. The first-order valence-electron chi connectivity index (χ1n) is 2.57. The molecule has 0 heterocycles. The summed E-state index contributed by atoms with van der Waals surface area (Å²) in [6.07, 6.45) is 4.88. The summed E-state index contributed by atoms with van der Waals surface area (Å²) in [4.78, 5) is 0. The molecule has 0 fully saturated rings. The van der Waals surface area contributed by atoms with Crippen molar-refractivity contribution >= 4 is 0 Å². The molecule has 0 N–H and O–H groups in total. The second kappa shape index (κ2) is 4.92. The second-order valence-electron chi connectivity index (χ2n) is 1.53. The van der Waals surface area contributed by atoms with Crippen LogP contribution >= 0.6 is 0 Å². The van der Waals surface area contributed by atoms with Crippen molar-refractivity contribution in [3.63, 3.8) is 0 Å². The molecule has 0 aliphatic heterocycles. The Hall–Kier alpha value is -1.23. The van der Waals surface area contributed by atoms with Gasteiger partial charge in [-0.15, -0.1) is 0 Å². The summed E-state index contributed by atoms with van der Waals surface area (Å²) in [5.74, 6) is 0. The quantitative estimate of drug-likeness (QED) is 0.317. The van der Waals surface area contributed by atoms with Gasteiger partial charge in [0.05, 0.1) is 19.4 Å². The molecule has 2 heteroatoms. The Morgan fingerprint density at radius 1 is 1.67 bits per heavy atom. The molecule has 0 aromatic rings. The van der Waals surface area contributed by atoms with Crippen molar-refractivity contribution in [1.29, 1.82) is 5.26 Å². The predicted molar refractivity (Wildman–Crippen MR) is 35.5 cm³/mol. The number of nitrogens with zero attached hydrogens (tertiary/aromatic N) is 1. The smallest absolute Gasteiger partial charge is 0.0944 e. The molecule has 0 saturated carbocycles. The Balaban J connectivity index is 3.72. The molecule has 0 aromatic heterocycles. The number of rotatable bonds is 2. The third kappa shape index (κ3) is 4.63. The molecule has 0 bridgehead atoms. The van der Waals surface area contributed by atoms with Crippen LogP contribution in [-0.2, 0) is 4.74 Å². The van der Waals surface area contributed by atoms with E-state index in [4.69, 9.17) is 5.26 Å². The normalized spacial score (nSPS) is 11.4. The maximum Gasteiger partial charge on any atom is 0.0944 e. The molecular weight excluding hydrogens is 114 g/mol. The summed E-state index contributed by atoms with van der Waals surface area (Å²) in [6, 6.07) is 1.98. The molecule has 9 heavy (non-hydrogen) atoms. The van der Waals surface area contributed by atoms with Crippen LogP contribution in [0, 0.1) is 11.3 Å². The van der Waals surface area contributed by atoms with Crippen LogP contribution in [0.3, 0.4) is 0 Å². The van der Waals surface area contributed by atoms with Crippen molar-refractivity contribution in [2.45, 2.75) is 6.92 Å². The Bertz CT molecular complexity index is 162. The SMILES string of the molecule is CO/C=C/C=C(/C)C#N. The van der Waals surface area contributed by atoms with Gasteiger partial charge in [-0.3, -0.25) is 0 Å². The highest BCUT2D eigenvalue weighted by Crippen LogP contribution is 1.88. The Kier molecular flexibility index (Phi) is 4.25. The van der Waals surface area contributed by atoms with Gasteiger partial charge in [0.15, 0.2) is 0 Å². The number of nitriles is 1. The Labute approximate surface area is 55.1 Å². The number of methoxy groups -OCH3 is 1. The molecular formula is C7H9NO. The zero-order valence-electron chi connectivity index (χ0n) is 5.59. The average molecular weight is 123 g/mol. The molecule has 0 spiro atoms. The third-order valence-electron chi connectivity index (χ3n) is 0.737. The lowest BCUT2D eigenvalue weighted by Crippen LogP contribution is -1.65. The molecule has 48 valence electrons. The van der Waals surface area contributed by atoms with Crippen LogP contribution in [0.4, 0.5) is 0 Å². The minimum atomic E-state index is 0.670. The van der Waals surface area contributed by atoms with E-state index in [2.05, 4.69) is 4.74 Å². The zero-order valence-corrected chi connectivity index (χ0v) is 5.59. The average Bonchev–Trinajstić information content (AvgIpc) is 1.89. The summed E-state index contributed by atoms with van der Waals surface area (Å²) >= 11 is 0. The maximum atomic E-state index is 8.24. The predicted octanol–water partition coefficient (Wildman–Crippen LogP) is 1.62. The first-order chi connectivity index (χ1) is 4.31. The fourth-order valence-corrected chi connectivity index (χ4v) is 0.299. The van der Waals surface area contributed by atoms with Crippen LogP contribution in [0.5, 0.6) is 0 Å². The molecule has 0 amide bonds. The second-order valence-corrected chi connectivity index (χ2v) is 1.53. The van der Waals surface area contributed by atoms with E-state index in [0.29, 0.717) is 5.57 Å². The number of ether oxygens (including phenoxy) is 1. The monoisotopic (exact) mass is 123 g/mol. The van der Waals surface area contributed by atoms with Gasteiger partial charge in [0.1, 0.15) is 0 Å². The Morgan fingerprint density at radius 2 is 2.33 bits per heavy atom. The van der Waals surface area contributed by atoms with Crippen LogP contribution in [0.2, 0.25) is 0 Å². The van der Waals surface area contributed by atoms with Crippen molar-refractivity contribution in [3.8, 4) is 6.07 Å². The highest BCUT2D eigenvalue weighted by Gasteiger charge is 1.75. The minimum Gasteiger partial charge on any atom is -0.504 e. The first kappa shape index (κ1) is 7.77. The van der Waals surface area contributed by atoms with Gasteiger partial charge in [-0.25, -0.2) is 0 Å². The molecule has 0 aliphatic rings. The molecule has 0 unspecified atom stereocenters. The van der Waals surface area contributed by atoms with Gasteiger partial charge >= 0.3 is 0 Å². The van der Waals surface area contributed by atoms with Gasteiger partial charge in [-0.1, -0.05) is 0 Å². The molecule has 0 atom stereocenters. The van der Waals surface area contributed by atoms with E-state index in [1.807, 2.05) is 6.07 Å². The lowest BCUT2D eigenvalue weighted by atomic mass is 10.3. The van der Waals surface area contributed by atoms with E-state index in [-0.39, 0.29) is 0 Å². The van der Waals surface area contributed by atoms with Crippen LogP contribution in [0.15, 0.2) is 24.0 Å². The number of hydrogen-bond acceptors (Lipinski definition) is 2. The molecule has 0 radical (unpaired) electrons. The topological polar surface area (TPSA) is 33.0 Å². The standard InChI is InChI=1S/C7H9NO/c1-7(6-8)4-3-5-9-2/h3-5H,1-2H3/b5-3+,7-4-. The molecule has 0 aliphatic carbocycles. The van der Waals surface area contributed by atoms with Crippen molar-refractivity contribution in [3.05, 3.63) is 24.0 Å². The van der Waals surface area contributed by atoms with Gasteiger partial charge in [0, 0.05) is 5.57 Å². The van der Waals surface area contributed by atoms with Crippen LogP contribution in [-0.4, -0.2) is 7.11 Å². The van der Waals surface area contributed by atoms with E-state index in [9.17, 15) is 0 Å². The summed E-state index contributed by atoms with van der Waals surface area (Å²) in [7, 11) is 1.56.